The fourth-order valence-corrected chi connectivity index (χ4v) is 1.37. The summed E-state index contributed by atoms with van der Waals surface area (Å²) in [6.07, 6.45) is 8.13. The molecule has 2 heteroatoms. The highest BCUT2D eigenvalue weighted by molar-refractivity contribution is 5.12. The normalized spacial score (nSPS) is 17.2. The van der Waals surface area contributed by atoms with E-state index in [1.165, 1.54) is 18.4 Å². The Balaban J connectivity index is 2.06. The van der Waals surface area contributed by atoms with Gasteiger partial charge in [-0.15, -0.1) is 0 Å². The number of nitrogens with zero attached hydrogens (tertiary/aromatic N) is 1. The minimum Gasteiger partial charge on any atom is -0.351 e. The van der Waals surface area contributed by atoms with E-state index >= 15 is 0 Å². The second-order valence-corrected chi connectivity index (χ2v) is 3.24. The third kappa shape index (κ3) is 1.46. The van der Waals surface area contributed by atoms with Crippen LogP contribution in [-0.4, -0.2) is 11.1 Å². The topological polar surface area (TPSA) is 30.9 Å². The van der Waals surface area contributed by atoms with Crippen LogP contribution in [0.15, 0.2) is 18.5 Å². The molecule has 0 saturated heterocycles. The molecule has 1 fully saturated rings. The minimum atomic E-state index is 0.759. The summed E-state index contributed by atoms with van der Waals surface area (Å²) >= 11 is 0. The van der Waals surface area contributed by atoms with Crippen molar-refractivity contribution in [2.45, 2.75) is 25.3 Å². The average molecular weight is 150 g/mol. The maximum absolute atomic E-state index is 5.45. The Bertz CT molecular complexity index is 235. The predicted molar refractivity (Wildman–Crippen MR) is 45.5 cm³/mol. The van der Waals surface area contributed by atoms with Crippen LogP contribution in [0.4, 0.5) is 0 Å². The molecule has 0 aliphatic heterocycles. The van der Waals surface area contributed by atoms with Gasteiger partial charge in [0.2, 0.25) is 0 Å². The van der Waals surface area contributed by atoms with E-state index < -0.39 is 0 Å². The highest BCUT2D eigenvalue weighted by Crippen LogP contribution is 2.34. The van der Waals surface area contributed by atoms with Crippen LogP contribution in [-0.2, 0) is 6.42 Å². The first-order valence-corrected chi connectivity index (χ1v) is 4.26. The molecule has 1 saturated carbocycles. The SMILES string of the molecule is NCCc1ccn(C2CC2)c1. The summed E-state index contributed by atoms with van der Waals surface area (Å²) in [5, 5.41) is 0. The lowest BCUT2D eigenvalue weighted by Crippen LogP contribution is -2.01. The van der Waals surface area contributed by atoms with Gasteiger partial charge in [-0.05, 0) is 37.4 Å². The maximum atomic E-state index is 5.45. The van der Waals surface area contributed by atoms with Gasteiger partial charge < -0.3 is 10.3 Å². The van der Waals surface area contributed by atoms with Gasteiger partial charge in [-0.2, -0.15) is 0 Å². The van der Waals surface area contributed by atoms with E-state index in [1.54, 1.807) is 0 Å². The van der Waals surface area contributed by atoms with Gasteiger partial charge in [0.1, 0.15) is 0 Å². The summed E-state index contributed by atoms with van der Waals surface area (Å²) in [5.74, 6) is 0. The van der Waals surface area contributed by atoms with E-state index in [4.69, 9.17) is 5.73 Å². The molecular formula is C9H14N2. The summed E-state index contributed by atoms with van der Waals surface area (Å²) < 4.78 is 2.31. The lowest BCUT2D eigenvalue weighted by molar-refractivity contribution is 0.744. The molecule has 0 aromatic carbocycles. The van der Waals surface area contributed by atoms with Crippen LogP contribution in [0.25, 0.3) is 0 Å². The van der Waals surface area contributed by atoms with Gasteiger partial charge in [0.25, 0.3) is 0 Å². The quantitative estimate of drug-likeness (QED) is 0.692. The Hall–Kier alpha value is -0.760. The fourth-order valence-electron chi connectivity index (χ4n) is 1.37. The van der Waals surface area contributed by atoms with Crippen LogP contribution in [0.1, 0.15) is 24.4 Å². The average Bonchev–Trinajstić information content (AvgIpc) is 2.75. The molecule has 11 heavy (non-hydrogen) atoms. The van der Waals surface area contributed by atoms with Crippen molar-refractivity contribution in [1.82, 2.24) is 4.57 Å². The summed E-state index contributed by atoms with van der Waals surface area (Å²) in [4.78, 5) is 0. The van der Waals surface area contributed by atoms with Gasteiger partial charge in [-0.25, -0.2) is 0 Å². The summed E-state index contributed by atoms with van der Waals surface area (Å²) in [6, 6.07) is 2.98. The van der Waals surface area contributed by atoms with Gasteiger partial charge in [0.05, 0.1) is 0 Å². The largest absolute Gasteiger partial charge is 0.351 e. The Labute approximate surface area is 67.0 Å². The predicted octanol–water partition coefficient (Wildman–Crippen LogP) is 1.32. The van der Waals surface area contributed by atoms with Crippen LogP contribution in [0.3, 0.4) is 0 Å². The molecular weight excluding hydrogens is 136 g/mol. The first kappa shape index (κ1) is 6.92. The maximum Gasteiger partial charge on any atom is 0.0332 e. The Morgan fingerprint density at radius 1 is 1.55 bits per heavy atom. The van der Waals surface area contributed by atoms with E-state index in [0.29, 0.717) is 0 Å². The third-order valence-corrected chi connectivity index (χ3v) is 2.18. The molecule has 2 N–H and O–H groups in total. The van der Waals surface area contributed by atoms with Gasteiger partial charge in [-0.1, -0.05) is 0 Å². The smallest absolute Gasteiger partial charge is 0.0332 e. The fraction of sp³-hybridized carbons (Fsp3) is 0.556. The Morgan fingerprint density at radius 3 is 3.00 bits per heavy atom. The zero-order chi connectivity index (χ0) is 7.68. The Morgan fingerprint density at radius 2 is 2.36 bits per heavy atom. The molecule has 2 rings (SSSR count). The highest BCUT2D eigenvalue weighted by Gasteiger charge is 2.22. The van der Waals surface area contributed by atoms with Gasteiger partial charge in [0, 0.05) is 18.4 Å². The molecule has 2 nitrogen and oxygen atoms in total. The molecule has 1 aliphatic carbocycles. The number of nitrogens with two attached hydrogens (primary N) is 1. The number of hydrogen-bond donors (Lipinski definition) is 1. The first-order chi connectivity index (χ1) is 5.40. The van der Waals surface area contributed by atoms with E-state index in [2.05, 4.69) is 23.0 Å². The van der Waals surface area contributed by atoms with Crippen molar-refractivity contribution >= 4 is 0 Å². The van der Waals surface area contributed by atoms with Crippen molar-refractivity contribution in [3.63, 3.8) is 0 Å². The van der Waals surface area contributed by atoms with Crippen molar-refractivity contribution in [3.05, 3.63) is 24.0 Å². The van der Waals surface area contributed by atoms with Gasteiger partial charge in [0.15, 0.2) is 0 Å². The highest BCUT2D eigenvalue weighted by atomic mass is 15.0. The molecule has 0 atom stereocenters. The van der Waals surface area contributed by atoms with E-state index in [0.717, 1.165) is 19.0 Å². The van der Waals surface area contributed by atoms with Crippen molar-refractivity contribution in [1.29, 1.82) is 0 Å². The van der Waals surface area contributed by atoms with Gasteiger partial charge in [-0.3, -0.25) is 0 Å². The third-order valence-electron chi connectivity index (χ3n) is 2.18. The van der Waals surface area contributed by atoms with Crippen LogP contribution < -0.4 is 5.73 Å². The lowest BCUT2D eigenvalue weighted by Gasteiger charge is -1.95. The summed E-state index contributed by atoms with van der Waals surface area (Å²) in [7, 11) is 0. The van der Waals surface area contributed by atoms with Crippen LogP contribution in [0.5, 0.6) is 0 Å². The molecule has 0 unspecified atom stereocenters. The molecule has 0 amide bonds. The molecule has 1 heterocycles. The number of aromatic nitrogens is 1. The number of rotatable bonds is 3. The van der Waals surface area contributed by atoms with Crippen molar-refractivity contribution in [2.24, 2.45) is 5.73 Å². The molecule has 0 bridgehead atoms. The second kappa shape index (κ2) is 2.70. The minimum absolute atomic E-state index is 0.759. The zero-order valence-electron chi connectivity index (χ0n) is 6.66. The first-order valence-electron chi connectivity index (χ1n) is 4.26. The van der Waals surface area contributed by atoms with Crippen molar-refractivity contribution < 1.29 is 0 Å². The molecule has 1 aromatic heterocycles. The van der Waals surface area contributed by atoms with Crippen molar-refractivity contribution in [2.75, 3.05) is 6.54 Å². The molecule has 1 aliphatic rings. The summed E-state index contributed by atoms with van der Waals surface area (Å²) in [6.45, 7) is 0.759. The number of hydrogen-bond acceptors (Lipinski definition) is 1. The van der Waals surface area contributed by atoms with Crippen LogP contribution >= 0.6 is 0 Å². The van der Waals surface area contributed by atoms with E-state index in [1.807, 2.05) is 0 Å². The standard InChI is InChI=1S/C9H14N2/c10-5-3-8-4-6-11(7-8)9-1-2-9/h4,6-7,9H,1-3,5,10H2. The zero-order valence-corrected chi connectivity index (χ0v) is 6.66. The summed E-state index contributed by atoms with van der Waals surface area (Å²) in [5.41, 5.74) is 6.83. The molecule has 0 radical (unpaired) electrons. The van der Waals surface area contributed by atoms with Crippen LogP contribution in [0.2, 0.25) is 0 Å². The second-order valence-electron chi connectivity index (χ2n) is 3.24. The molecule has 1 aromatic rings. The monoisotopic (exact) mass is 150 g/mol. The Kier molecular flexibility index (Phi) is 1.70. The van der Waals surface area contributed by atoms with Gasteiger partial charge >= 0.3 is 0 Å². The van der Waals surface area contributed by atoms with Crippen molar-refractivity contribution in [3.8, 4) is 0 Å². The van der Waals surface area contributed by atoms with E-state index in [9.17, 15) is 0 Å². The van der Waals surface area contributed by atoms with E-state index in [-0.39, 0.29) is 0 Å². The van der Waals surface area contributed by atoms with Crippen LogP contribution in [0, 0.1) is 0 Å². The molecule has 0 spiro atoms. The molecule has 60 valence electrons. The lowest BCUT2D eigenvalue weighted by atomic mass is 10.2.